The number of fused-ring (bicyclic) bond motifs is 1. The fourth-order valence-electron chi connectivity index (χ4n) is 1.92. The van der Waals surface area contributed by atoms with Crippen LogP contribution in [-0.2, 0) is 6.54 Å². The second kappa shape index (κ2) is 4.23. The molecule has 3 rings (SSSR count). The predicted molar refractivity (Wildman–Crippen MR) is 72.0 cm³/mol. The first kappa shape index (κ1) is 10.9. The van der Waals surface area contributed by atoms with Gasteiger partial charge in [0, 0.05) is 17.8 Å². The van der Waals surface area contributed by atoms with E-state index in [-0.39, 0.29) is 0 Å². The van der Waals surface area contributed by atoms with E-state index in [0.29, 0.717) is 6.54 Å². The van der Waals surface area contributed by atoms with Gasteiger partial charge in [0.05, 0.1) is 5.52 Å². The lowest BCUT2D eigenvalue weighted by molar-refractivity contribution is 1.07. The van der Waals surface area contributed by atoms with Gasteiger partial charge in [-0.1, -0.05) is 24.3 Å². The topological polar surface area (TPSA) is 67.6 Å². The summed E-state index contributed by atoms with van der Waals surface area (Å²) in [6.45, 7) is 2.52. The first-order valence-electron chi connectivity index (χ1n) is 5.89. The second-order valence-electron chi connectivity index (χ2n) is 4.31. The maximum absolute atomic E-state index is 5.58. The molecule has 0 saturated carbocycles. The van der Waals surface area contributed by atoms with Crippen molar-refractivity contribution < 1.29 is 0 Å². The Balaban J connectivity index is 2.07. The Bertz CT molecular complexity index is 683. The van der Waals surface area contributed by atoms with Crippen LogP contribution in [0.25, 0.3) is 22.6 Å². The van der Waals surface area contributed by atoms with E-state index in [1.54, 1.807) is 0 Å². The Labute approximate surface area is 105 Å². The number of benzene rings is 1. The molecule has 0 atom stereocenters. The molecule has 3 N–H and O–H groups in total. The highest BCUT2D eigenvalue weighted by Crippen LogP contribution is 2.20. The largest absolute Gasteiger partial charge is 0.337 e. The minimum atomic E-state index is 0.557. The van der Waals surface area contributed by atoms with Gasteiger partial charge in [0.15, 0.2) is 5.65 Å². The van der Waals surface area contributed by atoms with Gasteiger partial charge >= 0.3 is 0 Å². The van der Waals surface area contributed by atoms with Crippen molar-refractivity contribution in [2.75, 3.05) is 0 Å². The molecule has 0 saturated heterocycles. The summed E-state index contributed by atoms with van der Waals surface area (Å²) < 4.78 is 0. The zero-order valence-corrected chi connectivity index (χ0v) is 10.1. The SMILES string of the molecule is Cc1ccc2[nH]c(-c3ccc(CN)cc3)nc2n1. The average molecular weight is 238 g/mol. The highest BCUT2D eigenvalue weighted by molar-refractivity contribution is 5.75. The van der Waals surface area contributed by atoms with Crippen molar-refractivity contribution in [3.8, 4) is 11.4 Å². The summed E-state index contributed by atoms with van der Waals surface area (Å²) in [5, 5.41) is 0. The minimum absolute atomic E-state index is 0.557. The van der Waals surface area contributed by atoms with E-state index < -0.39 is 0 Å². The molecular weight excluding hydrogens is 224 g/mol. The number of aryl methyl sites for hydroxylation is 1. The molecule has 4 heteroatoms. The summed E-state index contributed by atoms with van der Waals surface area (Å²) in [4.78, 5) is 12.2. The van der Waals surface area contributed by atoms with Gasteiger partial charge < -0.3 is 10.7 Å². The molecule has 3 aromatic rings. The van der Waals surface area contributed by atoms with Crippen LogP contribution in [0.2, 0.25) is 0 Å². The lowest BCUT2D eigenvalue weighted by atomic mass is 10.1. The Morgan fingerprint density at radius 1 is 1.06 bits per heavy atom. The van der Waals surface area contributed by atoms with Gasteiger partial charge in [0.1, 0.15) is 5.82 Å². The fourth-order valence-corrected chi connectivity index (χ4v) is 1.92. The molecule has 90 valence electrons. The van der Waals surface area contributed by atoms with Gasteiger partial charge in [0.2, 0.25) is 0 Å². The molecule has 18 heavy (non-hydrogen) atoms. The molecular formula is C14H14N4. The zero-order valence-electron chi connectivity index (χ0n) is 10.1. The van der Waals surface area contributed by atoms with Crippen molar-refractivity contribution in [1.29, 1.82) is 0 Å². The summed E-state index contributed by atoms with van der Waals surface area (Å²) >= 11 is 0. The van der Waals surface area contributed by atoms with Gasteiger partial charge in [-0.2, -0.15) is 0 Å². The molecule has 1 aromatic carbocycles. The van der Waals surface area contributed by atoms with E-state index in [1.165, 1.54) is 0 Å². The molecule has 0 bridgehead atoms. The minimum Gasteiger partial charge on any atom is -0.337 e. The van der Waals surface area contributed by atoms with Gasteiger partial charge in [-0.15, -0.1) is 0 Å². The van der Waals surface area contributed by atoms with E-state index in [9.17, 15) is 0 Å². The number of hydrogen-bond donors (Lipinski definition) is 2. The normalized spacial score (nSPS) is 11.0. The Morgan fingerprint density at radius 2 is 1.83 bits per heavy atom. The number of nitrogens with zero attached hydrogens (tertiary/aromatic N) is 2. The first-order chi connectivity index (χ1) is 8.76. The van der Waals surface area contributed by atoms with Crippen molar-refractivity contribution in [3.05, 3.63) is 47.7 Å². The highest BCUT2D eigenvalue weighted by atomic mass is 15.0. The molecule has 0 amide bonds. The zero-order chi connectivity index (χ0) is 12.5. The maximum Gasteiger partial charge on any atom is 0.178 e. The predicted octanol–water partition coefficient (Wildman–Crippen LogP) is 2.39. The molecule has 0 aliphatic rings. The number of pyridine rings is 1. The van der Waals surface area contributed by atoms with Crippen LogP contribution < -0.4 is 5.73 Å². The summed E-state index contributed by atoms with van der Waals surface area (Å²) in [5.74, 6) is 0.840. The molecule has 0 fully saturated rings. The number of H-pyrrole nitrogens is 1. The fraction of sp³-hybridized carbons (Fsp3) is 0.143. The molecule has 4 nitrogen and oxygen atoms in total. The summed E-state index contributed by atoms with van der Waals surface area (Å²) in [6, 6.07) is 12.0. The van der Waals surface area contributed by atoms with E-state index in [0.717, 1.165) is 33.8 Å². The van der Waals surface area contributed by atoms with Gasteiger partial charge in [0.25, 0.3) is 0 Å². The Morgan fingerprint density at radius 3 is 2.56 bits per heavy atom. The molecule has 0 aliphatic carbocycles. The van der Waals surface area contributed by atoms with Crippen molar-refractivity contribution in [2.45, 2.75) is 13.5 Å². The summed E-state index contributed by atoms with van der Waals surface area (Å²) in [7, 11) is 0. The number of imidazole rings is 1. The third kappa shape index (κ3) is 1.87. The van der Waals surface area contributed by atoms with Crippen LogP contribution in [0.5, 0.6) is 0 Å². The standard InChI is InChI=1S/C14H14N4/c1-9-2-7-12-14(16-9)18-13(17-12)11-5-3-10(8-15)4-6-11/h2-7H,8,15H2,1H3,(H,16,17,18). The van der Waals surface area contributed by atoms with E-state index in [1.807, 2.05) is 43.3 Å². The van der Waals surface area contributed by atoms with Crippen LogP contribution in [0.15, 0.2) is 36.4 Å². The monoisotopic (exact) mass is 238 g/mol. The van der Waals surface area contributed by atoms with Gasteiger partial charge in [-0.25, -0.2) is 9.97 Å². The van der Waals surface area contributed by atoms with Crippen molar-refractivity contribution in [1.82, 2.24) is 15.0 Å². The van der Waals surface area contributed by atoms with E-state index in [4.69, 9.17) is 5.73 Å². The molecule has 0 spiro atoms. The highest BCUT2D eigenvalue weighted by Gasteiger charge is 2.06. The quantitative estimate of drug-likeness (QED) is 0.720. The number of nitrogens with two attached hydrogens (primary N) is 1. The number of aromatic amines is 1. The third-order valence-electron chi connectivity index (χ3n) is 2.95. The lowest BCUT2D eigenvalue weighted by Crippen LogP contribution is -1.95. The van der Waals surface area contributed by atoms with Crippen molar-refractivity contribution in [2.24, 2.45) is 5.73 Å². The Kier molecular flexibility index (Phi) is 2.57. The van der Waals surface area contributed by atoms with Crippen LogP contribution in [0.1, 0.15) is 11.3 Å². The van der Waals surface area contributed by atoms with Gasteiger partial charge in [-0.3, -0.25) is 0 Å². The van der Waals surface area contributed by atoms with Crippen molar-refractivity contribution in [3.63, 3.8) is 0 Å². The average Bonchev–Trinajstić information content (AvgIpc) is 2.81. The van der Waals surface area contributed by atoms with Crippen LogP contribution in [0.3, 0.4) is 0 Å². The molecule has 0 radical (unpaired) electrons. The van der Waals surface area contributed by atoms with Crippen LogP contribution in [0, 0.1) is 6.92 Å². The number of rotatable bonds is 2. The van der Waals surface area contributed by atoms with E-state index in [2.05, 4.69) is 15.0 Å². The lowest BCUT2D eigenvalue weighted by Gasteiger charge is -1.98. The second-order valence-corrected chi connectivity index (χ2v) is 4.31. The van der Waals surface area contributed by atoms with E-state index >= 15 is 0 Å². The molecule has 0 aliphatic heterocycles. The third-order valence-corrected chi connectivity index (χ3v) is 2.95. The molecule has 2 aromatic heterocycles. The van der Waals surface area contributed by atoms with Gasteiger partial charge in [-0.05, 0) is 24.6 Å². The number of nitrogens with one attached hydrogen (secondary N) is 1. The number of hydrogen-bond acceptors (Lipinski definition) is 3. The molecule has 2 heterocycles. The smallest absolute Gasteiger partial charge is 0.178 e. The van der Waals surface area contributed by atoms with Crippen molar-refractivity contribution >= 4 is 11.2 Å². The summed E-state index contributed by atoms with van der Waals surface area (Å²) in [6.07, 6.45) is 0. The Hall–Kier alpha value is -2.20. The maximum atomic E-state index is 5.58. The summed E-state index contributed by atoms with van der Waals surface area (Å²) in [5.41, 5.74) is 10.4. The molecule has 0 unspecified atom stereocenters. The number of aromatic nitrogens is 3. The van der Waals surface area contributed by atoms with Crippen LogP contribution in [-0.4, -0.2) is 15.0 Å². The first-order valence-corrected chi connectivity index (χ1v) is 5.89. The van der Waals surface area contributed by atoms with Crippen LogP contribution >= 0.6 is 0 Å². The van der Waals surface area contributed by atoms with Crippen LogP contribution in [0.4, 0.5) is 0 Å².